The number of carbonyl (C=O) groups is 1. The summed E-state index contributed by atoms with van der Waals surface area (Å²) in [5.41, 5.74) is 2.17. The Labute approximate surface area is 171 Å². The van der Waals surface area contributed by atoms with Gasteiger partial charge in [0.15, 0.2) is 9.84 Å². The predicted molar refractivity (Wildman–Crippen MR) is 114 cm³/mol. The zero-order valence-corrected chi connectivity index (χ0v) is 17.7. The number of unbranched alkanes of at least 4 members (excludes halogenated alkanes) is 3. The highest BCUT2D eigenvalue weighted by Crippen LogP contribution is 2.26. The first-order valence-corrected chi connectivity index (χ1v) is 11.7. The van der Waals surface area contributed by atoms with Crippen LogP contribution in [0.1, 0.15) is 48.7 Å². The van der Waals surface area contributed by atoms with Crippen molar-refractivity contribution in [3.8, 4) is 0 Å². The second-order valence-corrected chi connectivity index (χ2v) is 9.54. The molecule has 6 heteroatoms. The SMILES string of the molecule is CCCCCCc1cc2cc(S(C)(=O)=O)ccc2n1C(=O)c1ccc(Cl)cc1. The monoisotopic (exact) mass is 417 g/mol. The molecule has 0 saturated heterocycles. The van der Waals surface area contributed by atoms with Gasteiger partial charge in [0.25, 0.3) is 5.91 Å². The molecule has 2 aromatic carbocycles. The highest BCUT2D eigenvalue weighted by atomic mass is 35.5. The van der Waals surface area contributed by atoms with E-state index in [0.717, 1.165) is 48.7 Å². The lowest BCUT2D eigenvalue weighted by Crippen LogP contribution is -2.15. The molecule has 0 amide bonds. The molecule has 4 nitrogen and oxygen atoms in total. The van der Waals surface area contributed by atoms with E-state index >= 15 is 0 Å². The van der Waals surface area contributed by atoms with Crippen molar-refractivity contribution in [1.29, 1.82) is 0 Å². The smallest absolute Gasteiger partial charge is 0.262 e. The van der Waals surface area contributed by atoms with Crippen molar-refractivity contribution in [1.82, 2.24) is 4.57 Å². The number of aromatic nitrogens is 1. The number of halogens is 1. The maximum atomic E-state index is 13.2. The van der Waals surface area contributed by atoms with Crippen LogP contribution in [0.15, 0.2) is 53.4 Å². The second-order valence-electron chi connectivity index (χ2n) is 7.09. The molecular weight excluding hydrogens is 394 g/mol. The Bertz CT molecular complexity index is 1100. The number of sulfone groups is 1. The molecule has 0 aliphatic heterocycles. The van der Waals surface area contributed by atoms with Crippen LogP contribution in [-0.2, 0) is 16.3 Å². The van der Waals surface area contributed by atoms with E-state index in [1.807, 2.05) is 6.07 Å². The van der Waals surface area contributed by atoms with Crippen molar-refractivity contribution in [2.24, 2.45) is 0 Å². The van der Waals surface area contributed by atoms with Gasteiger partial charge in [-0.3, -0.25) is 9.36 Å². The lowest BCUT2D eigenvalue weighted by molar-refractivity contribution is 0.0962. The van der Waals surface area contributed by atoms with Gasteiger partial charge < -0.3 is 0 Å². The van der Waals surface area contributed by atoms with Gasteiger partial charge in [-0.05, 0) is 61.4 Å². The first-order chi connectivity index (χ1) is 13.3. The van der Waals surface area contributed by atoms with Crippen LogP contribution in [0.4, 0.5) is 0 Å². The Hall–Kier alpha value is -2.11. The van der Waals surface area contributed by atoms with Gasteiger partial charge in [-0.15, -0.1) is 0 Å². The van der Waals surface area contributed by atoms with Crippen LogP contribution >= 0.6 is 11.6 Å². The molecule has 1 aromatic heterocycles. The van der Waals surface area contributed by atoms with E-state index in [9.17, 15) is 13.2 Å². The van der Waals surface area contributed by atoms with Crippen LogP contribution in [-0.4, -0.2) is 25.1 Å². The summed E-state index contributed by atoms with van der Waals surface area (Å²) in [4.78, 5) is 13.5. The summed E-state index contributed by atoms with van der Waals surface area (Å²) in [6.45, 7) is 2.16. The van der Waals surface area contributed by atoms with Gasteiger partial charge in [-0.1, -0.05) is 37.8 Å². The van der Waals surface area contributed by atoms with Crippen molar-refractivity contribution in [2.75, 3.05) is 6.26 Å². The molecule has 0 N–H and O–H groups in total. The fourth-order valence-corrected chi connectivity index (χ4v) is 4.14. The average molecular weight is 418 g/mol. The molecule has 0 aliphatic rings. The second kappa shape index (κ2) is 8.50. The van der Waals surface area contributed by atoms with E-state index in [2.05, 4.69) is 6.92 Å². The number of hydrogen-bond donors (Lipinski definition) is 0. The number of carbonyl (C=O) groups excluding carboxylic acids is 1. The van der Waals surface area contributed by atoms with Crippen molar-refractivity contribution in [3.63, 3.8) is 0 Å². The molecule has 0 unspecified atom stereocenters. The molecule has 0 radical (unpaired) electrons. The molecule has 1 heterocycles. The maximum Gasteiger partial charge on any atom is 0.262 e. The molecule has 0 spiro atoms. The fourth-order valence-electron chi connectivity index (χ4n) is 3.36. The lowest BCUT2D eigenvalue weighted by atomic mass is 10.1. The minimum Gasteiger partial charge on any atom is -0.280 e. The molecule has 3 rings (SSSR count). The van der Waals surface area contributed by atoms with Crippen molar-refractivity contribution >= 4 is 38.2 Å². The summed E-state index contributed by atoms with van der Waals surface area (Å²) in [5, 5.41) is 1.34. The van der Waals surface area contributed by atoms with Crippen LogP contribution in [0, 0.1) is 0 Å². The van der Waals surface area contributed by atoms with Crippen LogP contribution in [0.3, 0.4) is 0 Å². The van der Waals surface area contributed by atoms with E-state index < -0.39 is 9.84 Å². The van der Waals surface area contributed by atoms with E-state index in [4.69, 9.17) is 11.6 Å². The predicted octanol–water partition coefficient (Wildman–Crippen LogP) is 5.51. The zero-order valence-electron chi connectivity index (χ0n) is 16.1. The van der Waals surface area contributed by atoms with E-state index in [1.165, 1.54) is 6.26 Å². The summed E-state index contributed by atoms with van der Waals surface area (Å²) in [5.74, 6) is -0.135. The van der Waals surface area contributed by atoms with Crippen molar-refractivity contribution in [3.05, 3.63) is 64.8 Å². The third-order valence-corrected chi connectivity index (χ3v) is 6.22. The number of benzene rings is 2. The number of rotatable bonds is 7. The summed E-state index contributed by atoms with van der Waals surface area (Å²) in [6, 6.07) is 13.7. The topological polar surface area (TPSA) is 56.1 Å². The summed E-state index contributed by atoms with van der Waals surface area (Å²) in [6.07, 6.45) is 6.34. The van der Waals surface area contributed by atoms with Gasteiger partial charge in [-0.25, -0.2) is 8.42 Å². The van der Waals surface area contributed by atoms with Crippen LogP contribution in [0.2, 0.25) is 5.02 Å². The lowest BCUT2D eigenvalue weighted by Gasteiger charge is -2.10. The standard InChI is InChI=1S/C22H24ClNO3S/c1-3-4-5-6-7-19-14-17-15-20(28(2,26)27)12-13-21(17)24(19)22(25)16-8-10-18(23)11-9-16/h8-15H,3-7H2,1-2H3. The Morgan fingerprint density at radius 2 is 1.71 bits per heavy atom. The molecule has 0 saturated carbocycles. The number of nitrogens with zero attached hydrogens (tertiary/aromatic N) is 1. The Morgan fingerprint density at radius 3 is 2.36 bits per heavy atom. The van der Waals surface area contributed by atoms with Crippen LogP contribution in [0.5, 0.6) is 0 Å². The molecule has 0 aliphatic carbocycles. The van der Waals surface area contributed by atoms with Crippen molar-refractivity contribution in [2.45, 2.75) is 43.9 Å². The fraction of sp³-hybridized carbons (Fsp3) is 0.318. The Balaban J connectivity index is 2.08. The average Bonchev–Trinajstić information content (AvgIpc) is 3.02. The number of hydrogen-bond acceptors (Lipinski definition) is 3. The maximum absolute atomic E-state index is 13.2. The third kappa shape index (κ3) is 4.47. The summed E-state index contributed by atoms with van der Waals surface area (Å²) >= 11 is 5.95. The first kappa shape index (κ1) is 20.6. The highest BCUT2D eigenvalue weighted by Gasteiger charge is 2.18. The number of aryl methyl sites for hydroxylation is 1. The molecule has 0 atom stereocenters. The normalized spacial score (nSPS) is 11.8. The number of fused-ring (bicyclic) bond motifs is 1. The first-order valence-electron chi connectivity index (χ1n) is 9.46. The van der Waals surface area contributed by atoms with E-state index in [0.29, 0.717) is 10.6 Å². The third-order valence-electron chi connectivity index (χ3n) is 4.86. The molecular formula is C22H24ClNO3S. The van der Waals surface area contributed by atoms with Gasteiger partial charge >= 0.3 is 0 Å². The van der Waals surface area contributed by atoms with Gasteiger partial charge in [0.2, 0.25) is 0 Å². The summed E-state index contributed by atoms with van der Waals surface area (Å²) in [7, 11) is -3.31. The minimum absolute atomic E-state index is 0.135. The molecule has 148 valence electrons. The summed E-state index contributed by atoms with van der Waals surface area (Å²) < 4.78 is 25.5. The quantitative estimate of drug-likeness (QED) is 0.476. The zero-order chi connectivity index (χ0) is 20.3. The molecule has 0 bridgehead atoms. The van der Waals surface area contributed by atoms with Gasteiger partial charge in [0, 0.05) is 27.9 Å². The van der Waals surface area contributed by atoms with Gasteiger partial charge in [0.1, 0.15) is 0 Å². The van der Waals surface area contributed by atoms with Gasteiger partial charge in [0.05, 0.1) is 10.4 Å². The van der Waals surface area contributed by atoms with E-state index in [1.54, 1.807) is 47.0 Å². The largest absolute Gasteiger partial charge is 0.280 e. The minimum atomic E-state index is -3.31. The van der Waals surface area contributed by atoms with Gasteiger partial charge in [-0.2, -0.15) is 0 Å². The Kier molecular flexibility index (Phi) is 6.26. The van der Waals surface area contributed by atoms with Crippen LogP contribution in [0.25, 0.3) is 10.9 Å². The van der Waals surface area contributed by atoms with Crippen LogP contribution < -0.4 is 0 Å². The molecule has 28 heavy (non-hydrogen) atoms. The molecule has 3 aromatic rings. The molecule has 0 fully saturated rings. The highest BCUT2D eigenvalue weighted by molar-refractivity contribution is 7.90. The van der Waals surface area contributed by atoms with Crippen molar-refractivity contribution < 1.29 is 13.2 Å². The Morgan fingerprint density at radius 1 is 1.00 bits per heavy atom. The van der Waals surface area contributed by atoms with E-state index in [-0.39, 0.29) is 10.8 Å².